The molecule has 0 amide bonds. The summed E-state index contributed by atoms with van der Waals surface area (Å²) < 4.78 is 22.8. The zero-order valence-corrected chi connectivity index (χ0v) is 27.5. The van der Waals surface area contributed by atoms with Crippen LogP contribution in [0.3, 0.4) is 0 Å². The van der Waals surface area contributed by atoms with Crippen LogP contribution in [0.15, 0.2) is 0 Å². The second kappa shape index (κ2) is 31.0. The van der Waals surface area contributed by atoms with Crippen LogP contribution >= 0.6 is 0 Å². The number of rotatable bonds is 23. The summed E-state index contributed by atoms with van der Waals surface area (Å²) in [6.07, 6.45) is 20.4. The van der Waals surface area contributed by atoms with Crippen LogP contribution in [-0.2, 0) is 34.5 Å². The molecule has 0 aromatic rings. The van der Waals surface area contributed by atoms with Crippen molar-refractivity contribution in [2.75, 3.05) is 54.1 Å². The molecule has 0 aromatic heterocycles. The molecule has 0 atom stereocenters. The van der Waals surface area contributed by atoms with Crippen LogP contribution < -0.4 is 12.4 Å². The number of nitrogens with zero attached hydrogens (tertiary/aromatic N) is 1. The second-order valence-corrected chi connectivity index (χ2v) is 12.0. The van der Waals surface area contributed by atoms with Crippen molar-refractivity contribution < 1.29 is 51.4 Å². The van der Waals surface area contributed by atoms with E-state index in [9.17, 15) is 0 Å². The van der Waals surface area contributed by atoms with Crippen molar-refractivity contribution in [2.24, 2.45) is 0 Å². The van der Waals surface area contributed by atoms with Crippen molar-refractivity contribution in [3.05, 3.63) is 0 Å². The molecule has 0 spiro atoms. The fourth-order valence-electron chi connectivity index (χ4n) is 3.74. The number of halogens is 1. The largest absolute Gasteiger partial charge is 1.00 e. The summed E-state index contributed by atoms with van der Waals surface area (Å²) >= 11 is 0. The van der Waals surface area contributed by atoms with Crippen molar-refractivity contribution >= 4 is 9.05 Å². The smallest absolute Gasteiger partial charge is 0.679 e. The zero-order valence-electron chi connectivity index (χ0n) is 24.7. The topological polar surface area (TPSA) is 36.9 Å². The van der Waals surface area contributed by atoms with Crippen molar-refractivity contribution in [2.45, 2.75) is 125 Å². The Balaban J connectivity index is -0.000000281. The van der Waals surface area contributed by atoms with Crippen LogP contribution in [0.1, 0.15) is 125 Å². The standard InChI is InChI=1S/C19H42N.C8H20O4Si.ClH.Co/c1-5-6-7-8-9-10-11-12-13-14-15-16-17-18-19-20(2,3)4;1-5-9-13(10-6-2,11-7-3)12-8-4;;/h5-19H2,1-4H3;5-8H2,1-4H3;1H;/q+1;;;/p-1. The second-order valence-electron chi connectivity index (χ2n) is 9.84. The number of quaternary nitrogens is 1. The minimum atomic E-state index is -2.80. The van der Waals surface area contributed by atoms with E-state index in [1.165, 1.54) is 96.4 Å². The summed E-state index contributed by atoms with van der Waals surface area (Å²) in [4.78, 5) is 0. The minimum absolute atomic E-state index is 0. The van der Waals surface area contributed by atoms with Gasteiger partial charge in [-0.3, -0.25) is 0 Å². The number of hydrogen-bond donors (Lipinski definition) is 0. The molecule has 35 heavy (non-hydrogen) atoms. The summed E-state index contributed by atoms with van der Waals surface area (Å²) in [7, 11) is 4.09. The maximum Gasteiger partial charge on any atom is 0.679 e. The van der Waals surface area contributed by atoms with Crippen LogP contribution in [0, 0.1) is 0 Å². The van der Waals surface area contributed by atoms with Crippen LogP contribution in [0.5, 0.6) is 0 Å². The third-order valence-electron chi connectivity index (χ3n) is 5.47. The van der Waals surface area contributed by atoms with Gasteiger partial charge in [0.1, 0.15) is 0 Å². The quantitative estimate of drug-likeness (QED) is 0.0984. The third-order valence-corrected chi connectivity index (χ3v) is 8.04. The predicted molar refractivity (Wildman–Crippen MR) is 145 cm³/mol. The van der Waals surface area contributed by atoms with E-state index < -0.39 is 9.05 Å². The van der Waals surface area contributed by atoms with Gasteiger partial charge in [-0.2, -0.15) is 0 Å². The molecule has 0 aliphatic heterocycles. The van der Waals surface area contributed by atoms with E-state index in [0.717, 1.165) is 4.48 Å². The molecule has 0 bridgehead atoms. The van der Waals surface area contributed by atoms with E-state index in [0.29, 0.717) is 26.4 Å². The molecule has 0 saturated heterocycles. The summed E-state index contributed by atoms with van der Waals surface area (Å²) in [6.45, 7) is 13.4. The molecule has 0 aromatic carbocycles. The first-order valence-corrected chi connectivity index (χ1v) is 15.8. The number of unbranched alkanes of at least 4 members (excludes halogenated alkanes) is 13. The Bertz CT molecular complexity index is 361. The van der Waals surface area contributed by atoms with E-state index in [-0.39, 0.29) is 29.2 Å². The van der Waals surface area contributed by atoms with Gasteiger partial charge in [-0.15, -0.1) is 0 Å². The van der Waals surface area contributed by atoms with E-state index in [4.69, 9.17) is 17.7 Å². The van der Waals surface area contributed by atoms with Crippen molar-refractivity contribution in [3.63, 3.8) is 0 Å². The average Bonchev–Trinajstić information content (AvgIpc) is 2.74. The molecule has 5 nitrogen and oxygen atoms in total. The van der Waals surface area contributed by atoms with Gasteiger partial charge >= 0.3 is 9.05 Å². The summed E-state index contributed by atoms with van der Waals surface area (Å²) in [5, 5.41) is 0. The minimum Gasteiger partial charge on any atom is -1.00 e. The van der Waals surface area contributed by atoms with Gasteiger partial charge < -0.3 is 34.6 Å². The van der Waals surface area contributed by atoms with Gasteiger partial charge in [0.05, 0.1) is 27.7 Å². The van der Waals surface area contributed by atoms with Gasteiger partial charge in [0, 0.05) is 43.2 Å². The van der Waals surface area contributed by atoms with Crippen LogP contribution in [0.2, 0.25) is 0 Å². The first-order valence-electron chi connectivity index (χ1n) is 14.2. The summed E-state index contributed by atoms with van der Waals surface area (Å²) in [5.41, 5.74) is 0. The molecule has 0 aliphatic rings. The Morgan fingerprint density at radius 2 is 0.714 bits per heavy atom. The molecule has 0 heterocycles. The average molecular weight is 587 g/mol. The Labute approximate surface area is 238 Å². The van der Waals surface area contributed by atoms with Gasteiger partial charge in [0.15, 0.2) is 0 Å². The van der Waals surface area contributed by atoms with Crippen LogP contribution in [0.25, 0.3) is 0 Å². The van der Waals surface area contributed by atoms with Crippen molar-refractivity contribution in [1.82, 2.24) is 0 Å². The predicted octanol–water partition coefficient (Wildman–Crippen LogP) is 4.74. The maximum absolute atomic E-state index is 5.42. The fraction of sp³-hybridized carbons (Fsp3) is 1.00. The monoisotopic (exact) mass is 586 g/mol. The van der Waals surface area contributed by atoms with E-state index in [1.807, 2.05) is 27.7 Å². The number of hydrogen-bond acceptors (Lipinski definition) is 4. The van der Waals surface area contributed by atoms with Crippen molar-refractivity contribution in [1.29, 1.82) is 0 Å². The molecule has 0 N–H and O–H groups in total. The van der Waals surface area contributed by atoms with Gasteiger partial charge in [0.2, 0.25) is 0 Å². The zero-order chi connectivity index (χ0) is 25.3. The van der Waals surface area contributed by atoms with Gasteiger partial charge in [-0.25, -0.2) is 0 Å². The first-order chi connectivity index (χ1) is 15.8. The Morgan fingerprint density at radius 1 is 0.457 bits per heavy atom. The van der Waals surface area contributed by atoms with E-state index in [2.05, 4.69) is 28.1 Å². The first kappa shape index (κ1) is 42.9. The Kier molecular flexibility index (Phi) is 38.0. The molecule has 8 heteroatoms. The van der Waals surface area contributed by atoms with Crippen molar-refractivity contribution in [3.8, 4) is 0 Å². The van der Waals surface area contributed by atoms with Gasteiger partial charge in [-0.1, -0.05) is 84.0 Å². The molecule has 0 aliphatic carbocycles. The molecule has 1 radical (unpaired) electrons. The van der Waals surface area contributed by atoms with E-state index >= 15 is 0 Å². The normalized spacial score (nSPS) is 11.3. The molecule has 219 valence electrons. The van der Waals surface area contributed by atoms with Crippen LogP contribution in [0.4, 0.5) is 0 Å². The molecule has 0 fully saturated rings. The maximum atomic E-state index is 5.42. The SMILES string of the molecule is CCCCCCCCCCCCCCCC[N+](C)(C)C.CCO[Si](OCC)(OCC)OCC.[Cl-].[Co]. The molecular weight excluding hydrogens is 525 g/mol. The molecular formula is C27H62ClCoNO4Si. The summed E-state index contributed by atoms with van der Waals surface area (Å²) in [5.74, 6) is 0. The Morgan fingerprint density at radius 3 is 0.943 bits per heavy atom. The Hall–Kier alpha value is 0.813. The fourth-order valence-corrected chi connectivity index (χ4v) is 5.65. The summed E-state index contributed by atoms with van der Waals surface area (Å²) in [6, 6.07) is 0. The molecule has 0 saturated carbocycles. The van der Waals surface area contributed by atoms with Gasteiger partial charge in [-0.05, 0) is 40.5 Å². The van der Waals surface area contributed by atoms with E-state index in [1.54, 1.807) is 0 Å². The molecule has 0 rings (SSSR count). The van der Waals surface area contributed by atoms with Crippen LogP contribution in [-0.4, -0.2) is 67.6 Å². The molecule has 0 unspecified atom stereocenters. The third kappa shape index (κ3) is 32.8. The van der Waals surface area contributed by atoms with Gasteiger partial charge in [0.25, 0.3) is 0 Å².